The minimum absolute atomic E-state index is 0.175. The Morgan fingerprint density at radius 1 is 1.21 bits per heavy atom. The second kappa shape index (κ2) is 8.57. The van der Waals surface area contributed by atoms with E-state index in [1.807, 2.05) is 38.1 Å². The molecule has 3 aromatic heterocycles. The van der Waals surface area contributed by atoms with Crippen LogP contribution in [0.15, 0.2) is 46.1 Å². The molecule has 9 heteroatoms. The van der Waals surface area contributed by atoms with Crippen LogP contribution in [0.1, 0.15) is 24.0 Å². The Kier molecular flexibility index (Phi) is 5.59. The number of carbonyl (C=O) groups excluding carboxylic acids is 1. The number of ether oxygens (including phenoxy) is 1. The van der Waals surface area contributed by atoms with Gasteiger partial charge in [-0.3, -0.25) is 18.7 Å². The van der Waals surface area contributed by atoms with E-state index in [9.17, 15) is 14.4 Å². The van der Waals surface area contributed by atoms with Crippen LogP contribution in [0.5, 0.6) is 0 Å². The summed E-state index contributed by atoms with van der Waals surface area (Å²) in [5, 5.41) is 3.58. The average Bonchev–Trinajstić information content (AvgIpc) is 3.41. The number of carbonyl (C=O) groups is 1. The van der Waals surface area contributed by atoms with Gasteiger partial charge < -0.3 is 10.1 Å². The molecular formula is C24H24N4O4S. The van der Waals surface area contributed by atoms with E-state index in [0.29, 0.717) is 32.7 Å². The first kappa shape index (κ1) is 21.5. The maximum atomic E-state index is 13.5. The molecule has 0 saturated carbocycles. The third kappa shape index (κ3) is 4.09. The van der Waals surface area contributed by atoms with Crippen LogP contribution in [0.25, 0.3) is 20.4 Å². The molecule has 8 nitrogen and oxygen atoms in total. The summed E-state index contributed by atoms with van der Waals surface area (Å²) in [6.07, 6.45) is 3.17. The number of nitrogens with one attached hydrogen (secondary N) is 1. The lowest BCUT2D eigenvalue weighted by molar-refractivity contribution is -0.116. The largest absolute Gasteiger partial charge is 0.376 e. The highest BCUT2D eigenvalue weighted by Gasteiger charge is 2.24. The molecular weight excluding hydrogens is 440 g/mol. The molecule has 1 N–H and O–H groups in total. The maximum Gasteiger partial charge on any atom is 0.332 e. The summed E-state index contributed by atoms with van der Waals surface area (Å²) in [6.45, 7) is 4.51. The number of fused-ring (bicyclic) bond motifs is 3. The van der Waals surface area contributed by atoms with Gasteiger partial charge in [-0.1, -0.05) is 6.07 Å². The lowest BCUT2D eigenvalue weighted by Crippen LogP contribution is -2.43. The van der Waals surface area contributed by atoms with Gasteiger partial charge in [-0.25, -0.2) is 9.78 Å². The van der Waals surface area contributed by atoms with Gasteiger partial charge in [0.25, 0.3) is 5.56 Å². The number of benzene rings is 1. The van der Waals surface area contributed by atoms with Crippen LogP contribution in [0.2, 0.25) is 0 Å². The number of hydrogen-bond acceptors (Lipinski definition) is 6. The highest BCUT2D eigenvalue weighted by atomic mass is 32.1. The normalized spacial score (nSPS) is 16.0. The molecule has 4 heterocycles. The summed E-state index contributed by atoms with van der Waals surface area (Å²) in [5.74, 6) is -0.339. The molecule has 0 spiro atoms. The summed E-state index contributed by atoms with van der Waals surface area (Å²) >= 11 is 1.24. The molecule has 0 aliphatic carbocycles. The number of amides is 1. The SMILES string of the molecule is Cc1cc(C)cc(NC(=O)Cn2c(=O)n(CC3CCCO3)c(=O)c3sc4ncccc4c32)c1. The summed E-state index contributed by atoms with van der Waals surface area (Å²) in [4.78, 5) is 44.8. The van der Waals surface area contributed by atoms with Crippen molar-refractivity contribution < 1.29 is 9.53 Å². The molecule has 1 unspecified atom stereocenters. The van der Waals surface area contributed by atoms with Crippen LogP contribution in [0.4, 0.5) is 5.69 Å². The van der Waals surface area contributed by atoms with Crippen molar-refractivity contribution in [2.75, 3.05) is 11.9 Å². The predicted octanol–water partition coefficient (Wildman–Crippen LogP) is 3.21. The predicted molar refractivity (Wildman–Crippen MR) is 129 cm³/mol. The van der Waals surface area contributed by atoms with Crippen LogP contribution in [0, 0.1) is 13.8 Å². The third-order valence-electron chi connectivity index (χ3n) is 5.83. The molecule has 1 aliphatic rings. The topological polar surface area (TPSA) is 95.2 Å². The molecule has 1 aliphatic heterocycles. The van der Waals surface area contributed by atoms with Gasteiger partial charge in [0.15, 0.2) is 0 Å². The standard InChI is InChI=1S/C24H24N4O4S/c1-14-9-15(2)11-16(10-14)26-19(29)13-27-20-18-6-3-7-25-22(18)33-21(20)23(30)28(24(27)31)12-17-5-4-8-32-17/h3,6-7,9-11,17H,4-5,8,12-13H2,1-2H3,(H,26,29). The van der Waals surface area contributed by atoms with Gasteiger partial charge in [0.05, 0.1) is 18.2 Å². The highest BCUT2D eigenvalue weighted by Crippen LogP contribution is 2.29. The van der Waals surface area contributed by atoms with Gasteiger partial charge in [0.1, 0.15) is 16.1 Å². The van der Waals surface area contributed by atoms with E-state index in [1.165, 1.54) is 20.5 Å². The molecule has 1 aromatic carbocycles. The first-order chi connectivity index (χ1) is 15.9. The second-order valence-electron chi connectivity index (χ2n) is 8.48. The zero-order chi connectivity index (χ0) is 23.1. The molecule has 1 saturated heterocycles. The van der Waals surface area contributed by atoms with Crippen molar-refractivity contribution in [1.29, 1.82) is 0 Å². The van der Waals surface area contributed by atoms with Crippen LogP contribution >= 0.6 is 11.3 Å². The fourth-order valence-electron chi connectivity index (χ4n) is 4.47. The van der Waals surface area contributed by atoms with E-state index < -0.39 is 5.69 Å². The van der Waals surface area contributed by atoms with Crippen molar-refractivity contribution >= 4 is 43.4 Å². The molecule has 5 rings (SSSR count). The number of rotatable bonds is 5. The molecule has 1 amide bonds. The van der Waals surface area contributed by atoms with Gasteiger partial charge in [-0.05, 0) is 62.1 Å². The Bertz CT molecular complexity index is 1470. The summed E-state index contributed by atoms with van der Waals surface area (Å²) in [5.41, 5.74) is 2.32. The van der Waals surface area contributed by atoms with E-state index >= 15 is 0 Å². The Labute approximate surface area is 193 Å². The third-order valence-corrected chi connectivity index (χ3v) is 6.92. The smallest absolute Gasteiger partial charge is 0.332 e. The number of aromatic nitrogens is 3. The number of nitrogens with zero attached hydrogens (tertiary/aromatic N) is 3. The Morgan fingerprint density at radius 3 is 2.73 bits per heavy atom. The van der Waals surface area contributed by atoms with Gasteiger partial charge in [0.2, 0.25) is 5.91 Å². The number of anilines is 1. The van der Waals surface area contributed by atoms with Crippen molar-refractivity contribution in [2.24, 2.45) is 0 Å². The minimum atomic E-state index is -0.512. The van der Waals surface area contributed by atoms with Gasteiger partial charge in [-0.2, -0.15) is 0 Å². The Balaban J connectivity index is 1.61. The minimum Gasteiger partial charge on any atom is -0.376 e. The molecule has 0 bridgehead atoms. The maximum absolute atomic E-state index is 13.5. The van der Waals surface area contributed by atoms with Crippen LogP contribution < -0.4 is 16.6 Å². The first-order valence-corrected chi connectivity index (χ1v) is 11.7. The fraction of sp³-hybridized carbons (Fsp3) is 0.333. The van der Waals surface area contributed by atoms with Gasteiger partial charge >= 0.3 is 5.69 Å². The van der Waals surface area contributed by atoms with E-state index in [1.54, 1.807) is 12.3 Å². The van der Waals surface area contributed by atoms with Crippen molar-refractivity contribution in [3.63, 3.8) is 0 Å². The average molecular weight is 465 g/mol. The number of pyridine rings is 1. The molecule has 170 valence electrons. The lowest BCUT2D eigenvalue weighted by Gasteiger charge is -2.15. The Morgan fingerprint density at radius 2 is 2.00 bits per heavy atom. The molecule has 1 atom stereocenters. The summed E-state index contributed by atoms with van der Waals surface area (Å²) < 4.78 is 8.68. The van der Waals surface area contributed by atoms with Crippen molar-refractivity contribution in [2.45, 2.75) is 45.9 Å². The molecule has 0 radical (unpaired) electrons. The van der Waals surface area contributed by atoms with Crippen molar-refractivity contribution in [3.8, 4) is 0 Å². The van der Waals surface area contributed by atoms with Gasteiger partial charge in [-0.15, -0.1) is 11.3 Å². The lowest BCUT2D eigenvalue weighted by atomic mass is 10.1. The van der Waals surface area contributed by atoms with E-state index in [-0.39, 0.29) is 30.7 Å². The fourth-order valence-corrected chi connectivity index (χ4v) is 5.57. The molecule has 33 heavy (non-hydrogen) atoms. The zero-order valence-electron chi connectivity index (χ0n) is 18.5. The summed E-state index contributed by atoms with van der Waals surface area (Å²) in [7, 11) is 0. The van der Waals surface area contributed by atoms with Gasteiger partial charge in [0, 0.05) is 23.9 Å². The summed E-state index contributed by atoms with van der Waals surface area (Å²) in [6, 6.07) is 9.37. The zero-order valence-corrected chi connectivity index (χ0v) is 19.3. The molecule has 4 aromatic rings. The van der Waals surface area contributed by atoms with Crippen molar-refractivity contribution in [1.82, 2.24) is 14.1 Å². The number of aryl methyl sites for hydroxylation is 2. The van der Waals surface area contributed by atoms with E-state index in [4.69, 9.17) is 4.74 Å². The second-order valence-corrected chi connectivity index (χ2v) is 9.48. The van der Waals surface area contributed by atoms with E-state index in [2.05, 4.69) is 10.3 Å². The molecule has 1 fully saturated rings. The van der Waals surface area contributed by atoms with Crippen molar-refractivity contribution in [3.05, 3.63) is 68.5 Å². The Hall–Kier alpha value is -3.30. The quantitative estimate of drug-likeness (QED) is 0.489. The monoisotopic (exact) mass is 464 g/mol. The highest BCUT2D eigenvalue weighted by molar-refractivity contribution is 7.25. The van der Waals surface area contributed by atoms with E-state index in [0.717, 1.165) is 24.0 Å². The van der Waals surface area contributed by atoms with Crippen LogP contribution in [-0.2, 0) is 22.6 Å². The number of thiophene rings is 1. The van der Waals surface area contributed by atoms with Crippen LogP contribution in [-0.4, -0.2) is 32.7 Å². The van der Waals surface area contributed by atoms with Crippen LogP contribution in [0.3, 0.4) is 0 Å². The first-order valence-electron chi connectivity index (χ1n) is 10.9. The number of hydrogen-bond donors (Lipinski definition) is 1.